The number of amidine groups is 1. The molecule has 4 bridgehead atoms. The average Bonchev–Trinajstić information content (AvgIpc) is 2.83. The Balaban J connectivity index is 1.52. The molecule has 1 aromatic rings. The van der Waals surface area contributed by atoms with Crippen molar-refractivity contribution in [1.29, 1.82) is 0 Å². The Morgan fingerprint density at radius 1 is 0.952 bits per heavy atom. The first kappa shape index (κ1) is 12.3. The first-order valence-electron chi connectivity index (χ1n) is 8.61. The highest BCUT2D eigenvalue weighted by molar-refractivity contribution is 6.00. The number of rotatable bonds is 1. The number of likely N-dealkylation sites (N-methyl/N-ethyl adjacent to an activating group) is 1. The van der Waals surface area contributed by atoms with Gasteiger partial charge in [0.25, 0.3) is 0 Å². The van der Waals surface area contributed by atoms with E-state index in [1.165, 1.54) is 43.5 Å². The minimum Gasteiger partial charge on any atom is -0.351 e. The van der Waals surface area contributed by atoms with Crippen molar-refractivity contribution < 1.29 is 0 Å². The third-order valence-electron chi connectivity index (χ3n) is 7.01. The van der Waals surface area contributed by atoms with E-state index in [0.29, 0.717) is 5.54 Å². The smallest absolute Gasteiger partial charge is 0.131 e. The molecule has 4 aliphatic carbocycles. The lowest BCUT2D eigenvalue weighted by Crippen LogP contribution is -2.65. The van der Waals surface area contributed by atoms with E-state index < -0.39 is 0 Å². The van der Waals surface area contributed by atoms with Crippen molar-refractivity contribution in [2.45, 2.75) is 37.6 Å². The standard InChI is InChI=1S/C19H24N2/c1-21-18(15-5-3-2-4-6-15)20-12-19(21)16-8-13-7-14(10-16)11-17(19)9-13/h2-6,13-14,16-17H,7-12H2,1H3. The minimum atomic E-state index is 0.360. The molecular weight excluding hydrogens is 256 g/mol. The first-order chi connectivity index (χ1) is 10.3. The quantitative estimate of drug-likeness (QED) is 0.768. The molecule has 6 rings (SSSR count). The lowest BCUT2D eigenvalue weighted by molar-refractivity contribution is -0.0948. The number of hydrogen-bond acceptors (Lipinski definition) is 2. The van der Waals surface area contributed by atoms with Crippen molar-refractivity contribution in [3.63, 3.8) is 0 Å². The van der Waals surface area contributed by atoms with Crippen molar-refractivity contribution in [2.75, 3.05) is 13.6 Å². The maximum Gasteiger partial charge on any atom is 0.131 e. The lowest BCUT2D eigenvalue weighted by Gasteiger charge is -2.62. The molecule has 1 aromatic carbocycles. The van der Waals surface area contributed by atoms with E-state index in [9.17, 15) is 0 Å². The van der Waals surface area contributed by atoms with Gasteiger partial charge in [-0.05, 0) is 55.8 Å². The van der Waals surface area contributed by atoms with Crippen LogP contribution in [0.2, 0.25) is 0 Å². The lowest BCUT2D eigenvalue weighted by atomic mass is 9.48. The Bertz CT molecular complexity index is 561. The fraction of sp³-hybridized carbons (Fsp3) is 0.632. The average molecular weight is 280 g/mol. The van der Waals surface area contributed by atoms with Crippen LogP contribution in [-0.4, -0.2) is 29.9 Å². The van der Waals surface area contributed by atoms with Crippen LogP contribution in [0.5, 0.6) is 0 Å². The van der Waals surface area contributed by atoms with Crippen molar-refractivity contribution in [3.05, 3.63) is 35.9 Å². The van der Waals surface area contributed by atoms with E-state index in [2.05, 4.69) is 42.3 Å². The third-order valence-corrected chi connectivity index (χ3v) is 7.01. The Hall–Kier alpha value is -1.31. The molecule has 0 N–H and O–H groups in total. The Morgan fingerprint density at radius 3 is 2.19 bits per heavy atom. The van der Waals surface area contributed by atoms with Crippen LogP contribution >= 0.6 is 0 Å². The summed E-state index contributed by atoms with van der Waals surface area (Å²) in [7, 11) is 2.32. The Kier molecular flexibility index (Phi) is 2.40. The van der Waals surface area contributed by atoms with Gasteiger partial charge in [0, 0.05) is 12.6 Å². The van der Waals surface area contributed by atoms with Gasteiger partial charge in [-0.25, -0.2) is 0 Å². The maximum absolute atomic E-state index is 5.03. The van der Waals surface area contributed by atoms with Crippen molar-refractivity contribution in [1.82, 2.24) is 4.90 Å². The Labute approximate surface area is 127 Å². The SMILES string of the molecule is CN1C(c2ccccc2)=NCC12C1CC3CC(C1)CC2C3. The van der Waals surface area contributed by atoms with Gasteiger partial charge in [0.05, 0.1) is 12.1 Å². The molecule has 1 heterocycles. The van der Waals surface area contributed by atoms with Gasteiger partial charge in [0.1, 0.15) is 5.84 Å². The monoisotopic (exact) mass is 280 g/mol. The molecule has 4 saturated carbocycles. The third kappa shape index (κ3) is 1.51. The Morgan fingerprint density at radius 2 is 1.57 bits per heavy atom. The summed E-state index contributed by atoms with van der Waals surface area (Å²) in [4.78, 5) is 7.62. The molecule has 21 heavy (non-hydrogen) atoms. The van der Waals surface area contributed by atoms with Gasteiger partial charge in [-0.3, -0.25) is 4.99 Å². The molecule has 0 radical (unpaired) electrons. The highest BCUT2D eigenvalue weighted by atomic mass is 15.3. The van der Waals surface area contributed by atoms with Gasteiger partial charge in [0.15, 0.2) is 0 Å². The molecule has 0 aromatic heterocycles. The molecule has 1 aliphatic heterocycles. The van der Waals surface area contributed by atoms with E-state index in [1.54, 1.807) is 0 Å². The molecule has 2 nitrogen and oxygen atoms in total. The highest BCUT2D eigenvalue weighted by Crippen LogP contribution is 2.61. The van der Waals surface area contributed by atoms with Gasteiger partial charge in [-0.1, -0.05) is 30.3 Å². The van der Waals surface area contributed by atoms with Gasteiger partial charge >= 0.3 is 0 Å². The van der Waals surface area contributed by atoms with Crippen LogP contribution in [0, 0.1) is 23.7 Å². The topological polar surface area (TPSA) is 15.6 Å². The molecule has 4 fully saturated rings. The summed E-state index contributed by atoms with van der Waals surface area (Å²) >= 11 is 0. The van der Waals surface area contributed by atoms with E-state index in [0.717, 1.165) is 30.2 Å². The van der Waals surface area contributed by atoms with E-state index in [1.807, 2.05) is 0 Å². The molecule has 0 atom stereocenters. The molecule has 5 aliphatic rings. The highest BCUT2D eigenvalue weighted by Gasteiger charge is 2.61. The van der Waals surface area contributed by atoms with Gasteiger partial charge in [0.2, 0.25) is 0 Å². The van der Waals surface area contributed by atoms with E-state index in [4.69, 9.17) is 4.99 Å². The van der Waals surface area contributed by atoms with E-state index >= 15 is 0 Å². The fourth-order valence-electron chi connectivity index (χ4n) is 6.29. The van der Waals surface area contributed by atoms with Crippen molar-refractivity contribution in [2.24, 2.45) is 28.7 Å². The van der Waals surface area contributed by atoms with Gasteiger partial charge in [-0.15, -0.1) is 0 Å². The number of hydrogen-bond donors (Lipinski definition) is 0. The largest absolute Gasteiger partial charge is 0.351 e. The minimum absolute atomic E-state index is 0.360. The summed E-state index contributed by atoms with van der Waals surface area (Å²) in [5, 5.41) is 0. The molecule has 2 heteroatoms. The van der Waals surface area contributed by atoms with Crippen LogP contribution in [0.15, 0.2) is 35.3 Å². The molecule has 0 saturated heterocycles. The zero-order valence-corrected chi connectivity index (χ0v) is 12.8. The van der Waals surface area contributed by atoms with Crippen molar-refractivity contribution in [3.8, 4) is 0 Å². The number of benzene rings is 1. The second kappa shape index (κ2) is 4.12. The predicted molar refractivity (Wildman–Crippen MR) is 85.4 cm³/mol. The summed E-state index contributed by atoms with van der Waals surface area (Å²) in [6, 6.07) is 10.8. The summed E-state index contributed by atoms with van der Waals surface area (Å²) in [6.07, 6.45) is 7.40. The van der Waals surface area contributed by atoms with Crippen LogP contribution in [0.3, 0.4) is 0 Å². The van der Waals surface area contributed by atoms with Gasteiger partial charge in [-0.2, -0.15) is 0 Å². The second-order valence-corrected chi connectivity index (χ2v) is 7.86. The van der Waals surface area contributed by atoms with Crippen LogP contribution in [-0.2, 0) is 0 Å². The normalized spacial score (nSPS) is 43.7. The summed E-state index contributed by atoms with van der Waals surface area (Å²) in [5.74, 6) is 5.09. The zero-order chi connectivity index (χ0) is 14.0. The van der Waals surface area contributed by atoms with Gasteiger partial charge < -0.3 is 4.90 Å². The predicted octanol–water partition coefficient (Wildman–Crippen LogP) is 3.57. The number of aliphatic imine (C=N–C) groups is 1. The molecule has 0 amide bonds. The summed E-state index contributed by atoms with van der Waals surface area (Å²) < 4.78 is 0. The van der Waals surface area contributed by atoms with E-state index in [-0.39, 0.29) is 0 Å². The zero-order valence-electron chi connectivity index (χ0n) is 12.8. The maximum atomic E-state index is 5.03. The molecule has 1 spiro atoms. The molecule has 110 valence electrons. The van der Waals surface area contributed by atoms with Crippen LogP contribution in [0.1, 0.15) is 37.7 Å². The van der Waals surface area contributed by atoms with Crippen LogP contribution in [0.4, 0.5) is 0 Å². The summed E-state index contributed by atoms with van der Waals surface area (Å²) in [5.41, 5.74) is 1.66. The second-order valence-electron chi connectivity index (χ2n) is 7.86. The first-order valence-corrected chi connectivity index (χ1v) is 8.61. The number of nitrogens with zero attached hydrogens (tertiary/aromatic N) is 2. The van der Waals surface area contributed by atoms with Crippen LogP contribution < -0.4 is 0 Å². The molecule has 0 unspecified atom stereocenters. The van der Waals surface area contributed by atoms with Crippen LogP contribution in [0.25, 0.3) is 0 Å². The summed E-state index contributed by atoms with van der Waals surface area (Å²) in [6.45, 7) is 1.04. The van der Waals surface area contributed by atoms with Crippen molar-refractivity contribution >= 4 is 5.84 Å². The fourth-order valence-corrected chi connectivity index (χ4v) is 6.29. The molecular formula is C19H24N2.